The summed E-state index contributed by atoms with van der Waals surface area (Å²) in [7, 11) is 10.4. The fourth-order valence-corrected chi connectivity index (χ4v) is 9.85. The second-order valence-electron chi connectivity index (χ2n) is 21.0. The maximum Gasteiger partial charge on any atom is 0.337 e. The van der Waals surface area contributed by atoms with Gasteiger partial charge in [0.25, 0.3) is 0 Å². The van der Waals surface area contributed by atoms with E-state index in [1.54, 1.807) is 60.3 Å². The molecule has 2 fully saturated rings. The Morgan fingerprint density at radius 2 is 0.831 bits per heavy atom. The van der Waals surface area contributed by atoms with E-state index in [-0.39, 0.29) is 29.1 Å². The van der Waals surface area contributed by atoms with Gasteiger partial charge in [0.15, 0.2) is 11.8 Å². The number of rotatable bonds is 16. The zero-order chi connectivity index (χ0) is 63.0. The number of amides is 2. The number of likely N-dealkylation sites (N-methyl/N-ethyl adjacent to an activating group) is 4. The molecule has 2 saturated heterocycles. The standard InChI is InChI=1S/2C31H33N5O4.C4H4O4.H2O/c2*1-34-15-17-36(18-16-34)20-27(37)35(2)24-12-10-23(11-13-24)32-29(21-7-5-4-6-8-21)28-25-14-9-22(31(39)40-3)19-26(25)33-30(28)38;5-3(6)1-2-4(7)8;/h2*4-14,19,33,38H,15-18,20H2,1-3H3;1-2H,(H,5,6)(H,7,8);1H2/b;;2-1+;. The van der Waals surface area contributed by atoms with Crippen molar-refractivity contribution in [1.29, 1.82) is 0 Å². The lowest BCUT2D eigenvalue weighted by molar-refractivity contribution is -0.134. The Kier molecular flexibility index (Phi) is 23.0. The largest absolute Gasteiger partial charge is 0.494 e. The lowest BCUT2D eigenvalue weighted by Crippen LogP contribution is -2.48. The third-order valence-electron chi connectivity index (χ3n) is 14.9. The van der Waals surface area contributed by atoms with Gasteiger partial charge >= 0.3 is 23.9 Å². The fourth-order valence-electron chi connectivity index (χ4n) is 9.85. The quantitative estimate of drug-likeness (QED) is 0.0323. The number of aliphatic carboxylic acids is 2. The first-order valence-corrected chi connectivity index (χ1v) is 28.1. The van der Waals surface area contributed by atoms with Crippen molar-refractivity contribution in [2.24, 2.45) is 9.98 Å². The Bertz CT molecular complexity index is 3620. The van der Waals surface area contributed by atoms with Crippen LogP contribution in [0.5, 0.6) is 11.8 Å². The Morgan fingerprint density at radius 3 is 1.15 bits per heavy atom. The van der Waals surface area contributed by atoms with Crippen LogP contribution < -0.4 is 9.80 Å². The van der Waals surface area contributed by atoms with Crippen LogP contribution in [-0.2, 0) is 28.7 Å². The molecule has 2 aliphatic heterocycles. The van der Waals surface area contributed by atoms with E-state index in [1.165, 1.54) is 14.2 Å². The van der Waals surface area contributed by atoms with Crippen molar-refractivity contribution in [2.75, 3.05) is 118 Å². The third kappa shape index (κ3) is 17.2. The first kappa shape index (κ1) is 66.2. The highest BCUT2D eigenvalue weighted by molar-refractivity contribution is 6.23. The number of carboxylic acid groups (broad SMARTS) is 2. The van der Waals surface area contributed by atoms with Crippen LogP contribution in [0, 0.1) is 0 Å². The van der Waals surface area contributed by atoms with Crippen LogP contribution >= 0.6 is 0 Å². The first-order chi connectivity index (χ1) is 42.3. The van der Waals surface area contributed by atoms with Gasteiger partial charge in [-0.1, -0.05) is 72.8 Å². The number of H-pyrrole nitrogens is 2. The van der Waals surface area contributed by atoms with Crippen LogP contribution in [0.25, 0.3) is 21.8 Å². The van der Waals surface area contributed by atoms with E-state index in [1.807, 2.05) is 109 Å². The van der Waals surface area contributed by atoms with E-state index >= 15 is 0 Å². The number of hydrogen-bond acceptors (Lipinski definition) is 16. The highest BCUT2D eigenvalue weighted by atomic mass is 16.5. The highest BCUT2D eigenvalue weighted by Crippen LogP contribution is 2.35. The predicted molar refractivity (Wildman–Crippen MR) is 342 cm³/mol. The Labute approximate surface area is 514 Å². The SMILES string of the molecule is COC(=O)c1ccc2c(C(=Nc3ccc(N(C)C(=O)CN4CCN(C)CC4)cc3)c3ccccc3)c(O)[nH]c2c1.COC(=O)c1ccc2c(C(=Nc3ccc(N(C)C(=O)CN4CCN(C)CC4)cc3)c3ccccc3)c(O)[nH]c2c1.O.O=C(O)/C=C/C(=O)O. The van der Waals surface area contributed by atoms with Gasteiger partial charge in [0, 0.05) is 123 Å². The number of methoxy groups -OCH3 is 2. The zero-order valence-electron chi connectivity index (χ0n) is 50.2. The normalized spacial score (nSPS) is 14.2. The second kappa shape index (κ2) is 30.9. The smallest absolute Gasteiger partial charge is 0.337 e. The number of hydrogen-bond donors (Lipinski definition) is 6. The summed E-state index contributed by atoms with van der Waals surface area (Å²) >= 11 is 0. The minimum absolute atomic E-state index is 0. The molecule has 0 bridgehead atoms. The van der Waals surface area contributed by atoms with Gasteiger partial charge in [-0.25, -0.2) is 29.2 Å². The molecule has 2 aliphatic rings. The number of nitrogens with zero attached hydrogens (tertiary/aromatic N) is 8. The van der Waals surface area contributed by atoms with E-state index in [0.29, 0.717) is 81.3 Å². The average molecular weight is 1210 g/mol. The number of carbonyl (C=O) groups excluding carboxylic acids is 4. The van der Waals surface area contributed by atoms with E-state index < -0.39 is 23.9 Å². The monoisotopic (exact) mass is 1210 g/mol. The molecule has 0 radical (unpaired) electrons. The minimum Gasteiger partial charge on any atom is -0.494 e. The Morgan fingerprint density at radius 1 is 0.494 bits per heavy atom. The van der Waals surface area contributed by atoms with Gasteiger partial charge < -0.3 is 64.9 Å². The van der Waals surface area contributed by atoms with Crippen LogP contribution in [0.1, 0.15) is 43.0 Å². The number of fused-ring (bicyclic) bond motifs is 2. The van der Waals surface area contributed by atoms with Gasteiger partial charge in [0.05, 0.1) is 72.4 Å². The lowest BCUT2D eigenvalue weighted by atomic mass is 10.00. The summed E-state index contributed by atoms with van der Waals surface area (Å²) in [4.78, 5) is 97.1. The molecule has 4 heterocycles. The number of ether oxygens (including phenoxy) is 2. The number of anilines is 2. The number of benzene rings is 6. The fraction of sp³-hybridized carbons (Fsp3) is 0.242. The summed E-state index contributed by atoms with van der Waals surface area (Å²) in [5, 5.41) is 39.0. The predicted octanol–water partition coefficient (Wildman–Crippen LogP) is 6.97. The molecule has 8 N–H and O–H groups in total. The molecule has 6 aromatic carbocycles. The molecule has 0 aliphatic carbocycles. The molecule has 0 saturated carbocycles. The molecule has 2 amide bonds. The van der Waals surface area contributed by atoms with Crippen molar-refractivity contribution < 1.29 is 64.1 Å². The zero-order valence-corrected chi connectivity index (χ0v) is 50.2. The Hall–Kier alpha value is -10.3. The van der Waals surface area contributed by atoms with Gasteiger partial charge in [-0.2, -0.15) is 0 Å². The van der Waals surface area contributed by atoms with Crippen molar-refractivity contribution in [1.82, 2.24) is 29.6 Å². The summed E-state index contributed by atoms with van der Waals surface area (Å²) in [5.74, 6) is -3.44. The number of esters is 2. The van der Waals surface area contributed by atoms with Gasteiger partial charge in [-0.05, 0) is 86.9 Å². The van der Waals surface area contributed by atoms with Crippen LogP contribution in [0.15, 0.2) is 168 Å². The number of aromatic amines is 2. The van der Waals surface area contributed by atoms with E-state index in [2.05, 4.69) is 43.7 Å². The second-order valence-corrected chi connectivity index (χ2v) is 21.0. The molecule has 89 heavy (non-hydrogen) atoms. The van der Waals surface area contributed by atoms with Crippen molar-refractivity contribution in [2.45, 2.75) is 0 Å². The number of nitrogens with one attached hydrogen (secondary N) is 2. The van der Waals surface area contributed by atoms with Crippen LogP contribution in [-0.4, -0.2) is 210 Å². The highest BCUT2D eigenvalue weighted by Gasteiger charge is 2.25. The summed E-state index contributed by atoms with van der Waals surface area (Å²) < 4.78 is 9.67. The molecule has 10 rings (SSSR count). The van der Waals surface area contributed by atoms with Crippen molar-refractivity contribution >= 4 is 91.7 Å². The van der Waals surface area contributed by atoms with Crippen LogP contribution in [0.2, 0.25) is 0 Å². The molecule has 464 valence electrons. The summed E-state index contributed by atoms with van der Waals surface area (Å²) in [6.45, 7) is 8.18. The average Bonchev–Trinajstić information content (AvgIpc) is 2.87. The van der Waals surface area contributed by atoms with Gasteiger partial charge in [0.2, 0.25) is 11.8 Å². The van der Waals surface area contributed by atoms with E-state index in [9.17, 15) is 39.0 Å². The van der Waals surface area contributed by atoms with Crippen LogP contribution in [0.4, 0.5) is 22.7 Å². The number of carbonyl (C=O) groups is 6. The first-order valence-electron chi connectivity index (χ1n) is 28.1. The van der Waals surface area contributed by atoms with Crippen molar-refractivity contribution in [3.05, 3.63) is 191 Å². The van der Waals surface area contributed by atoms with Crippen molar-refractivity contribution in [3.8, 4) is 11.8 Å². The topological polar surface area (TPSA) is 309 Å². The van der Waals surface area contributed by atoms with Crippen LogP contribution in [0.3, 0.4) is 0 Å². The molecule has 0 unspecified atom stereocenters. The number of piperazine rings is 2. The molecule has 0 spiro atoms. The molecule has 8 aromatic rings. The van der Waals surface area contributed by atoms with E-state index in [0.717, 1.165) is 85.6 Å². The summed E-state index contributed by atoms with van der Waals surface area (Å²) in [6, 6.07) is 44.3. The van der Waals surface area contributed by atoms with Crippen molar-refractivity contribution in [3.63, 3.8) is 0 Å². The summed E-state index contributed by atoms with van der Waals surface area (Å²) in [5.41, 5.74) is 8.68. The Balaban J connectivity index is 0.000000224. The molecule has 23 nitrogen and oxygen atoms in total. The number of aromatic nitrogens is 2. The number of aromatic hydroxyl groups is 2. The van der Waals surface area contributed by atoms with Gasteiger partial charge in [-0.15, -0.1) is 0 Å². The third-order valence-corrected chi connectivity index (χ3v) is 14.9. The lowest BCUT2D eigenvalue weighted by Gasteiger charge is -2.32. The molecule has 0 atom stereocenters. The van der Waals surface area contributed by atoms with E-state index in [4.69, 9.17) is 29.7 Å². The molecule has 2 aromatic heterocycles. The van der Waals surface area contributed by atoms with Gasteiger partial charge in [0.1, 0.15) is 0 Å². The molecular formula is C66H72N10O13. The summed E-state index contributed by atoms with van der Waals surface area (Å²) in [6.07, 6.45) is 1.12. The minimum atomic E-state index is -1.26. The maximum atomic E-state index is 12.9. The van der Waals surface area contributed by atoms with Gasteiger partial charge in [-0.3, -0.25) is 19.4 Å². The number of carboxylic acids is 2. The molecular weight excluding hydrogens is 1140 g/mol. The maximum absolute atomic E-state index is 12.9. The number of aliphatic imine (C=N–C) groups is 2. The molecule has 23 heteroatoms.